The standard InChI is InChI=1S/C12H15BrFN/c1-3-15-9(2)4-5-10-6-7-11(13)12(14)8-10/h4-9,15H,3H2,1-2H3/b5-4+. The molecule has 0 radical (unpaired) electrons. The fraction of sp³-hybridized carbons (Fsp3) is 0.333. The molecule has 1 nitrogen and oxygen atoms in total. The third-order valence-corrected chi connectivity index (χ3v) is 2.69. The van der Waals surface area contributed by atoms with Crippen LogP contribution in [0.4, 0.5) is 4.39 Å². The smallest absolute Gasteiger partial charge is 0.137 e. The molecule has 0 saturated heterocycles. The van der Waals surface area contributed by atoms with Crippen molar-refractivity contribution in [2.24, 2.45) is 0 Å². The molecule has 1 aromatic rings. The van der Waals surface area contributed by atoms with Crippen LogP contribution < -0.4 is 5.32 Å². The van der Waals surface area contributed by atoms with Gasteiger partial charge in [-0.05, 0) is 47.1 Å². The second-order valence-corrected chi connectivity index (χ2v) is 4.23. The molecule has 3 heteroatoms. The minimum Gasteiger partial charge on any atom is -0.311 e. The first-order chi connectivity index (χ1) is 7.13. The van der Waals surface area contributed by atoms with E-state index in [1.54, 1.807) is 6.07 Å². The molecule has 0 spiro atoms. The molecule has 0 aliphatic rings. The van der Waals surface area contributed by atoms with Crippen molar-refractivity contribution in [1.82, 2.24) is 5.32 Å². The lowest BCUT2D eigenvalue weighted by molar-refractivity contribution is 0.620. The first kappa shape index (κ1) is 12.4. The number of benzene rings is 1. The maximum absolute atomic E-state index is 13.2. The van der Waals surface area contributed by atoms with Gasteiger partial charge in [0, 0.05) is 6.04 Å². The lowest BCUT2D eigenvalue weighted by Crippen LogP contribution is -2.22. The quantitative estimate of drug-likeness (QED) is 0.883. The molecule has 0 saturated carbocycles. The van der Waals surface area contributed by atoms with Crippen LogP contribution in [0.25, 0.3) is 6.08 Å². The summed E-state index contributed by atoms with van der Waals surface area (Å²) >= 11 is 3.12. The molecule has 0 amide bonds. The average Bonchev–Trinajstić information content (AvgIpc) is 2.20. The summed E-state index contributed by atoms with van der Waals surface area (Å²) in [7, 11) is 0. The molecule has 1 atom stereocenters. The van der Waals surface area contributed by atoms with E-state index >= 15 is 0 Å². The Labute approximate surface area is 98.5 Å². The highest BCUT2D eigenvalue weighted by atomic mass is 79.9. The van der Waals surface area contributed by atoms with E-state index in [1.165, 1.54) is 6.07 Å². The highest BCUT2D eigenvalue weighted by Gasteiger charge is 1.98. The van der Waals surface area contributed by atoms with Gasteiger partial charge in [-0.2, -0.15) is 0 Å². The fourth-order valence-corrected chi connectivity index (χ4v) is 1.51. The molecule has 0 aliphatic carbocycles. The lowest BCUT2D eigenvalue weighted by Gasteiger charge is -2.05. The van der Waals surface area contributed by atoms with Gasteiger partial charge < -0.3 is 5.32 Å². The predicted octanol–water partition coefficient (Wildman–Crippen LogP) is 3.60. The Morgan fingerprint density at radius 1 is 1.53 bits per heavy atom. The van der Waals surface area contributed by atoms with E-state index in [-0.39, 0.29) is 5.82 Å². The maximum atomic E-state index is 13.2. The first-order valence-electron chi connectivity index (χ1n) is 5.00. The second kappa shape index (κ2) is 6.03. The molecule has 0 heterocycles. The summed E-state index contributed by atoms with van der Waals surface area (Å²) in [5.41, 5.74) is 0.875. The van der Waals surface area contributed by atoms with Crippen LogP contribution in [0.3, 0.4) is 0 Å². The average molecular weight is 272 g/mol. The summed E-state index contributed by atoms with van der Waals surface area (Å²) in [6.07, 6.45) is 3.94. The Kier molecular flexibility index (Phi) is 4.99. The minimum absolute atomic E-state index is 0.228. The normalized spacial score (nSPS) is 13.3. The maximum Gasteiger partial charge on any atom is 0.137 e. The third kappa shape index (κ3) is 4.14. The van der Waals surface area contributed by atoms with Crippen LogP contribution >= 0.6 is 15.9 Å². The van der Waals surface area contributed by atoms with Crippen LogP contribution in [-0.2, 0) is 0 Å². The zero-order chi connectivity index (χ0) is 11.3. The van der Waals surface area contributed by atoms with Gasteiger partial charge in [-0.1, -0.05) is 25.1 Å². The molecule has 0 aromatic heterocycles. The summed E-state index contributed by atoms with van der Waals surface area (Å²) < 4.78 is 13.7. The Morgan fingerprint density at radius 3 is 2.87 bits per heavy atom. The van der Waals surface area contributed by atoms with E-state index in [9.17, 15) is 4.39 Å². The number of halogens is 2. The highest BCUT2D eigenvalue weighted by Crippen LogP contribution is 2.17. The summed E-state index contributed by atoms with van der Waals surface area (Å²) in [6, 6.07) is 5.41. The first-order valence-corrected chi connectivity index (χ1v) is 5.79. The van der Waals surface area contributed by atoms with Crippen LogP contribution in [0.1, 0.15) is 19.4 Å². The Balaban J connectivity index is 2.68. The van der Waals surface area contributed by atoms with Crippen molar-refractivity contribution in [2.45, 2.75) is 19.9 Å². The van der Waals surface area contributed by atoms with Gasteiger partial charge in [0.05, 0.1) is 4.47 Å². The molecular formula is C12H15BrFN. The van der Waals surface area contributed by atoms with Crippen molar-refractivity contribution in [2.75, 3.05) is 6.54 Å². The number of hydrogen-bond donors (Lipinski definition) is 1. The molecule has 1 N–H and O–H groups in total. The fourth-order valence-electron chi connectivity index (χ4n) is 1.26. The zero-order valence-corrected chi connectivity index (χ0v) is 10.5. The predicted molar refractivity (Wildman–Crippen MR) is 66.3 cm³/mol. The molecule has 82 valence electrons. The van der Waals surface area contributed by atoms with E-state index in [1.807, 2.05) is 18.2 Å². The summed E-state index contributed by atoms with van der Waals surface area (Å²) in [5, 5.41) is 3.25. The van der Waals surface area contributed by atoms with Crippen LogP contribution in [0.15, 0.2) is 28.7 Å². The van der Waals surface area contributed by atoms with Crippen molar-refractivity contribution < 1.29 is 4.39 Å². The molecule has 1 unspecified atom stereocenters. The summed E-state index contributed by atoms with van der Waals surface area (Å²) in [6.45, 7) is 5.05. The second-order valence-electron chi connectivity index (χ2n) is 3.38. The molecule has 0 bridgehead atoms. The van der Waals surface area contributed by atoms with Crippen molar-refractivity contribution in [3.8, 4) is 0 Å². The molecule has 1 rings (SSSR count). The third-order valence-electron chi connectivity index (χ3n) is 2.05. The number of hydrogen-bond acceptors (Lipinski definition) is 1. The molecular weight excluding hydrogens is 257 g/mol. The number of likely N-dealkylation sites (N-methyl/N-ethyl adjacent to an activating group) is 1. The van der Waals surface area contributed by atoms with Gasteiger partial charge >= 0.3 is 0 Å². The topological polar surface area (TPSA) is 12.0 Å². The van der Waals surface area contributed by atoms with Crippen molar-refractivity contribution in [3.63, 3.8) is 0 Å². The highest BCUT2D eigenvalue weighted by molar-refractivity contribution is 9.10. The summed E-state index contributed by atoms with van der Waals surface area (Å²) in [5.74, 6) is -0.228. The minimum atomic E-state index is -0.228. The largest absolute Gasteiger partial charge is 0.311 e. The van der Waals surface area contributed by atoms with Crippen molar-refractivity contribution in [3.05, 3.63) is 40.1 Å². The lowest BCUT2D eigenvalue weighted by atomic mass is 10.2. The van der Waals surface area contributed by atoms with Gasteiger partial charge in [0.2, 0.25) is 0 Å². The van der Waals surface area contributed by atoms with Gasteiger partial charge in [0.15, 0.2) is 0 Å². The van der Waals surface area contributed by atoms with E-state index < -0.39 is 0 Å². The van der Waals surface area contributed by atoms with E-state index in [2.05, 4.69) is 35.1 Å². The van der Waals surface area contributed by atoms with E-state index in [0.29, 0.717) is 10.5 Å². The summed E-state index contributed by atoms with van der Waals surface area (Å²) in [4.78, 5) is 0. The van der Waals surface area contributed by atoms with E-state index in [4.69, 9.17) is 0 Å². The number of nitrogens with one attached hydrogen (secondary N) is 1. The SMILES string of the molecule is CCNC(C)/C=C/c1ccc(Br)c(F)c1. The van der Waals surface area contributed by atoms with Crippen LogP contribution in [-0.4, -0.2) is 12.6 Å². The van der Waals surface area contributed by atoms with Crippen LogP contribution in [0, 0.1) is 5.82 Å². The Morgan fingerprint density at radius 2 is 2.27 bits per heavy atom. The molecule has 0 aliphatic heterocycles. The zero-order valence-electron chi connectivity index (χ0n) is 8.93. The Bertz CT molecular complexity index is 349. The van der Waals surface area contributed by atoms with E-state index in [0.717, 1.165) is 12.1 Å². The Hall–Kier alpha value is -0.670. The van der Waals surface area contributed by atoms with Crippen molar-refractivity contribution >= 4 is 22.0 Å². The number of rotatable bonds is 4. The molecule has 1 aromatic carbocycles. The van der Waals surface area contributed by atoms with Gasteiger partial charge in [-0.15, -0.1) is 0 Å². The van der Waals surface area contributed by atoms with Gasteiger partial charge in [0.1, 0.15) is 5.82 Å². The van der Waals surface area contributed by atoms with Crippen LogP contribution in [0.5, 0.6) is 0 Å². The van der Waals surface area contributed by atoms with Crippen LogP contribution in [0.2, 0.25) is 0 Å². The van der Waals surface area contributed by atoms with Gasteiger partial charge in [0.25, 0.3) is 0 Å². The van der Waals surface area contributed by atoms with Crippen molar-refractivity contribution in [1.29, 1.82) is 0 Å². The molecule has 0 fully saturated rings. The monoisotopic (exact) mass is 271 g/mol. The van der Waals surface area contributed by atoms with Gasteiger partial charge in [-0.3, -0.25) is 0 Å². The van der Waals surface area contributed by atoms with Gasteiger partial charge in [-0.25, -0.2) is 4.39 Å². The molecule has 15 heavy (non-hydrogen) atoms.